The number of carbonyl (C=O) groups is 2. The fourth-order valence-corrected chi connectivity index (χ4v) is 2.01. The number of carbonyl (C=O) groups excluding carboxylic acids is 2. The first-order valence-electron chi connectivity index (χ1n) is 6.72. The van der Waals surface area contributed by atoms with E-state index in [1.54, 1.807) is 0 Å². The molecule has 0 N–H and O–H groups in total. The minimum absolute atomic E-state index is 0.0613. The van der Waals surface area contributed by atoms with Crippen molar-refractivity contribution in [1.29, 1.82) is 0 Å². The van der Waals surface area contributed by atoms with Crippen molar-refractivity contribution in [3.8, 4) is 0 Å². The second-order valence-electron chi connectivity index (χ2n) is 4.98. The van der Waals surface area contributed by atoms with Gasteiger partial charge in [0.25, 0.3) is 0 Å². The monoisotopic (exact) mass is 272 g/mol. The highest BCUT2D eigenvalue weighted by atomic mass is 16.5. The lowest BCUT2D eigenvalue weighted by atomic mass is 10.3. The van der Waals surface area contributed by atoms with Gasteiger partial charge in [0.15, 0.2) is 0 Å². The third-order valence-corrected chi connectivity index (χ3v) is 3.04. The van der Waals surface area contributed by atoms with Crippen LogP contribution in [0.2, 0.25) is 0 Å². The van der Waals surface area contributed by atoms with E-state index in [-0.39, 0.29) is 18.0 Å². The highest BCUT2D eigenvalue weighted by molar-refractivity contribution is 5.71. The number of hydrogen-bond donors (Lipinski definition) is 0. The van der Waals surface area contributed by atoms with Gasteiger partial charge in [0.1, 0.15) is 0 Å². The molecule has 6 heteroatoms. The Balaban J connectivity index is 2.18. The molecule has 0 amide bonds. The van der Waals surface area contributed by atoms with E-state index >= 15 is 0 Å². The van der Waals surface area contributed by atoms with Crippen LogP contribution in [0.5, 0.6) is 0 Å². The van der Waals surface area contributed by atoms with E-state index in [1.807, 2.05) is 13.8 Å². The van der Waals surface area contributed by atoms with Crippen LogP contribution in [0.25, 0.3) is 0 Å². The van der Waals surface area contributed by atoms with Crippen LogP contribution in [0.4, 0.5) is 0 Å². The van der Waals surface area contributed by atoms with Crippen LogP contribution in [0, 0.1) is 0 Å². The van der Waals surface area contributed by atoms with Crippen molar-refractivity contribution in [1.82, 2.24) is 9.80 Å². The molecule has 1 aliphatic rings. The molecule has 0 unspecified atom stereocenters. The number of methoxy groups -OCH3 is 1. The average Bonchev–Trinajstić information content (AvgIpc) is 2.36. The van der Waals surface area contributed by atoms with E-state index < -0.39 is 0 Å². The number of piperazine rings is 1. The number of ether oxygens (including phenoxy) is 2. The molecule has 110 valence electrons. The van der Waals surface area contributed by atoms with E-state index in [9.17, 15) is 9.59 Å². The third-order valence-electron chi connectivity index (χ3n) is 3.04. The van der Waals surface area contributed by atoms with Gasteiger partial charge < -0.3 is 14.4 Å². The summed E-state index contributed by atoms with van der Waals surface area (Å²) in [4.78, 5) is 26.9. The molecule has 1 fully saturated rings. The summed E-state index contributed by atoms with van der Waals surface area (Å²) in [7, 11) is 1.40. The Labute approximate surface area is 114 Å². The van der Waals surface area contributed by atoms with E-state index in [0.717, 1.165) is 32.7 Å². The minimum Gasteiger partial charge on any atom is -0.469 e. The Morgan fingerprint density at radius 2 is 1.63 bits per heavy atom. The van der Waals surface area contributed by atoms with Crippen molar-refractivity contribution < 1.29 is 19.1 Å². The molecule has 19 heavy (non-hydrogen) atoms. The van der Waals surface area contributed by atoms with Crippen molar-refractivity contribution >= 4 is 11.9 Å². The molecule has 0 atom stereocenters. The quantitative estimate of drug-likeness (QED) is 0.640. The Bertz CT molecular complexity index is 299. The van der Waals surface area contributed by atoms with Crippen LogP contribution in [0.3, 0.4) is 0 Å². The third kappa shape index (κ3) is 6.54. The summed E-state index contributed by atoms with van der Waals surface area (Å²) in [5.41, 5.74) is 0. The molecule has 0 radical (unpaired) electrons. The predicted molar refractivity (Wildman–Crippen MR) is 70.7 cm³/mol. The molecule has 0 aromatic rings. The second-order valence-corrected chi connectivity index (χ2v) is 4.98. The normalized spacial score (nSPS) is 17.5. The van der Waals surface area contributed by atoms with Gasteiger partial charge in [-0.1, -0.05) is 0 Å². The summed E-state index contributed by atoms with van der Waals surface area (Å²) in [6.07, 6.45) is 0.361. The molecule has 0 saturated carbocycles. The number of hydrogen-bond acceptors (Lipinski definition) is 6. The van der Waals surface area contributed by atoms with Crippen molar-refractivity contribution in [2.45, 2.75) is 26.4 Å². The zero-order valence-corrected chi connectivity index (χ0v) is 12.1. The summed E-state index contributed by atoms with van der Waals surface area (Å²) in [6, 6.07) is 0. The summed E-state index contributed by atoms with van der Waals surface area (Å²) >= 11 is 0. The lowest BCUT2D eigenvalue weighted by molar-refractivity contribution is -0.149. The molecule has 6 nitrogen and oxygen atoms in total. The van der Waals surface area contributed by atoms with Crippen molar-refractivity contribution in [2.24, 2.45) is 0 Å². The van der Waals surface area contributed by atoms with Crippen LogP contribution >= 0.6 is 0 Å². The Hall–Kier alpha value is -1.14. The molecule has 1 heterocycles. The summed E-state index contributed by atoms with van der Waals surface area (Å²) < 4.78 is 9.73. The SMILES string of the molecule is COC(=O)CCN1CCN(CC(=O)OC(C)C)CC1. The molecule has 1 aliphatic heterocycles. The number of esters is 2. The fraction of sp³-hybridized carbons (Fsp3) is 0.846. The predicted octanol–water partition coefficient (Wildman–Crippen LogP) is 0.119. The molecule has 0 aromatic carbocycles. The molecule has 0 spiro atoms. The summed E-state index contributed by atoms with van der Waals surface area (Å²) in [5.74, 6) is -0.346. The Morgan fingerprint density at radius 1 is 1.05 bits per heavy atom. The summed E-state index contributed by atoms with van der Waals surface area (Å²) in [6.45, 7) is 8.16. The van der Waals surface area contributed by atoms with E-state index in [0.29, 0.717) is 13.0 Å². The van der Waals surface area contributed by atoms with Gasteiger partial charge in [-0.25, -0.2) is 0 Å². The average molecular weight is 272 g/mol. The maximum absolute atomic E-state index is 11.5. The lowest BCUT2D eigenvalue weighted by Gasteiger charge is -2.33. The largest absolute Gasteiger partial charge is 0.469 e. The molecule has 1 saturated heterocycles. The van der Waals surface area contributed by atoms with Crippen LogP contribution in [-0.2, 0) is 19.1 Å². The summed E-state index contributed by atoms with van der Waals surface area (Å²) in [5, 5.41) is 0. The van der Waals surface area contributed by atoms with Gasteiger partial charge in [-0.2, -0.15) is 0 Å². The van der Waals surface area contributed by atoms with Crippen molar-refractivity contribution in [3.63, 3.8) is 0 Å². The highest BCUT2D eigenvalue weighted by Crippen LogP contribution is 2.03. The van der Waals surface area contributed by atoms with Crippen LogP contribution < -0.4 is 0 Å². The topological polar surface area (TPSA) is 59.1 Å². The van der Waals surface area contributed by atoms with Crippen molar-refractivity contribution in [2.75, 3.05) is 46.4 Å². The van der Waals surface area contributed by atoms with E-state index in [2.05, 4.69) is 14.5 Å². The van der Waals surface area contributed by atoms with Crippen LogP contribution in [-0.4, -0.2) is 74.2 Å². The fourth-order valence-electron chi connectivity index (χ4n) is 2.01. The van der Waals surface area contributed by atoms with Gasteiger partial charge in [-0.15, -0.1) is 0 Å². The molecule has 0 aromatic heterocycles. The maximum Gasteiger partial charge on any atom is 0.320 e. The van der Waals surface area contributed by atoms with E-state index in [1.165, 1.54) is 7.11 Å². The maximum atomic E-state index is 11.5. The van der Waals surface area contributed by atoms with Gasteiger partial charge in [-0.05, 0) is 13.8 Å². The number of nitrogens with zero attached hydrogens (tertiary/aromatic N) is 2. The smallest absolute Gasteiger partial charge is 0.320 e. The minimum atomic E-state index is -0.178. The first-order chi connectivity index (χ1) is 9.01. The van der Waals surface area contributed by atoms with Crippen LogP contribution in [0.15, 0.2) is 0 Å². The van der Waals surface area contributed by atoms with E-state index in [4.69, 9.17) is 4.74 Å². The Kier molecular flexibility index (Phi) is 6.80. The van der Waals surface area contributed by atoms with Crippen LogP contribution in [0.1, 0.15) is 20.3 Å². The van der Waals surface area contributed by atoms with Gasteiger partial charge >= 0.3 is 11.9 Å². The highest BCUT2D eigenvalue weighted by Gasteiger charge is 2.20. The standard InChI is InChI=1S/C13H24N2O4/c1-11(2)19-13(17)10-15-8-6-14(7-9-15)5-4-12(16)18-3/h11H,4-10H2,1-3H3. The number of rotatable bonds is 6. The lowest BCUT2D eigenvalue weighted by Crippen LogP contribution is -2.48. The van der Waals surface area contributed by atoms with Crippen molar-refractivity contribution in [3.05, 3.63) is 0 Å². The molecular formula is C13H24N2O4. The molecule has 0 aliphatic carbocycles. The second kappa shape index (κ2) is 8.12. The molecular weight excluding hydrogens is 248 g/mol. The van der Waals surface area contributed by atoms with Gasteiger partial charge in [0, 0.05) is 32.7 Å². The zero-order valence-electron chi connectivity index (χ0n) is 12.1. The first-order valence-corrected chi connectivity index (χ1v) is 6.72. The van der Waals surface area contributed by atoms with Gasteiger partial charge in [0.2, 0.25) is 0 Å². The first kappa shape index (κ1) is 15.9. The van der Waals surface area contributed by atoms with Gasteiger partial charge in [0.05, 0.1) is 26.2 Å². The zero-order chi connectivity index (χ0) is 14.3. The molecule has 0 bridgehead atoms. The molecule has 1 rings (SSSR count). The van der Waals surface area contributed by atoms with Gasteiger partial charge in [-0.3, -0.25) is 14.5 Å². The Morgan fingerprint density at radius 3 is 2.16 bits per heavy atom.